The van der Waals surface area contributed by atoms with E-state index in [9.17, 15) is 4.79 Å². The summed E-state index contributed by atoms with van der Waals surface area (Å²) in [5, 5.41) is 6.67. The Bertz CT molecular complexity index is 451. The Balaban J connectivity index is 2.34. The molecule has 5 heteroatoms. The Morgan fingerprint density at radius 3 is 2.38 bits per heavy atom. The lowest BCUT2D eigenvalue weighted by Gasteiger charge is -2.21. The third-order valence-corrected chi connectivity index (χ3v) is 3.66. The van der Waals surface area contributed by atoms with E-state index in [4.69, 9.17) is 9.47 Å². The van der Waals surface area contributed by atoms with Gasteiger partial charge in [0, 0.05) is 31.7 Å². The van der Waals surface area contributed by atoms with Crippen molar-refractivity contribution >= 4 is 5.97 Å². The van der Waals surface area contributed by atoms with Crippen molar-refractivity contribution in [2.45, 2.75) is 46.4 Å². The second-order valence-corrected chi connectivity index (χ2v) is 6.31. The largest absolute Gasteiger partial charge is 0.460 e. The van der Waals surface area contributed by atoms with Gasteiger partial charge in [0.25, 0.3) is 0 Å². The molecule has 2 N–H and O–H groups in total. The highest BCUT2D eigenvalue weighted by Gasteiger charge is 2.17. The predicted molar refractivity (Wildman–Crippen MR) is 96.8 cm³/mol. The summed E-state index contributed by atoms with van der Waals surface area (Å²) in [5.74, 6) is 0.0857. The Labute approximate surface area is 146 Å². The summed E-state index contributed by atoms with van der Waals surface area (Å²) in [7, 11) is 0. The first kappa shape index (κ1) is 20.6. The van der Waals surface area contributed by atoms with Gasteiger partial charge in [-0.15, -0.1) is 0 Å². The number of benzene rings is 1. The molecule has 0 aliphatic heterocycles. The van der Waals surface area contributed by atoms with E-state index in [1.54, 1.807) is 0 Å². The average Bonchev–Trinajstić information content (AvgIpc) is 2.59. The van der Waals surface area contributed by atoms with Gasteiger partial charge >= 0.3 is 5.97 Å². The molecule has 0 spiro atoms. The summed E-state index contributed by atoms with van der Waals surface area (Å²) in [5.41, 5.74) is 0.994. The van der Waals surface area contributed by atoms with Crippen LogP contribution in [0.2, 0.25) is 0 Å². The Morgan fingerprint density at radius 2 is 1.75 bits per heavy atom. The zero-order chi connectivity index (χ0) is 17.8. The number of carbonyl (C=O) groups excluding carboxylic acids is 1. The van der Waals surface area contributed by atoms with Crippen LogP contribution in [0, 0.1) is 5.92 Å². The van der Waals surface area contributed by atoms with Gasteiger partial charge in [-0.1, -0.05) is 44.2 Å². The van der Waals surface area contributed by atoms with Crippen molar-refractivity contribution in [2.24, 2.45) is 5.92 Å². The highest BCUT2D eigenvalue weighted by Crippen LogP contribution is 2.03. The van der Waals surface area contributed by atoms with E-state index in [-0.39, 0.29) is 12.0 Å². The van der Waals surface area contributed by atoms with Gasteiger partial charge in [0.05, 0.1) is 6.61 Å². The summed E-state index contributed by atoms with van der Waals surface area (Å²) in [6.07, 6.45) is 0. The first-order chi connectivity index (χ1) is 11.5. The molecule has 1 aromatic carbocycles. The predicted octanol–water partition coefficient (Wildman–Crippen LogP) is 2.36. The van der Waals surface area contributed by atoms with E-state index < -0.39 is 0 Å². The number of rotatable bonds is 12. The second kappa shape index (κ2) is 12.0. The van der Waals surface area contributed by atoms with Crippen molar-refractivity contribution < 1.29 is 14.3 Å². The fourth-order valence-electron chi connectivity index (χ4n) is 2.16. The van der Waals surface area contributed by atoms with Crippen LogP contribution in [0.15, 0.2) is 30.3 Å². The van der Waals surface area contributed by atoms with Gasteiger partial charge in [-0.3, -0.25) is 4.79 Å². The smallest absolute Gasteiger partial charge is 0.323 e. The molecule has 2 unspecified atom stereocenters. The Morgan fingerprint density at radius 1 is 1.08 bits per heavy atom. The molecule has 0 amide bonds. The first-order valence-electron chi connectivity index (χ1n) is 8.78. The Hall–Kier alpha value is -1.43. The van der Waals surface area contributed by atoms with Gasteiger partial charge in [0.1, 0.15) is 12.6 Å². The molecule has 136 valence electrons. The molecule has 1 rings (SSSR count). The normalized spacial score (nSPS) is 13.7. The third-order valence-electron chi connectivity index (χ3n) is 3.66. The molecule has 0 radical (unpaired) electrons. The number of hydrogen-bond donors (Lipinski definition) is 2. The average molecular weight is 336 g/mol. The lowest BCUT2D eigenvalue weighted by Crippen LogP contribution is -2.42. The van der Waals surface area contributed by atoms with E-state index >= 15 is 0 Å². The van der Waals surface area contributed by atoms with Gasteiger partial charge in [-0.2, -0.15) is 0 Å². The maximum atomic E-state index is 12.1. The lowest BCUT2D eigenvalue weighted by molar-refractivity contribution is -0.147. The molecular formula is C19H32N2O3. The van der Waals surface area contributed by atoms with Crippen LogP contribution in [0.1, 0.15) is 33.3 Å². The maximum Gasteiger partial charge on any atom is 0.323 e. The summed E-state index contributed by atoms with van der Waals surface area (Å²) >= 11 is 0. The number of esters is 1. The van der Waals surface area contributed by atoms with Crippen LogP contribution in [-0.4, -0.2) is 44.4 Å². The molecule has 0 aliphatic rings. The Kier molecular flexibility index (Phi) is 10.3. The molecule has 24 heavy (non-hydrogen) atoms. The summed E-state index contributed by atoms with van der Waals surface area (Å²) in [6.45, 7) is 11.3. The van der Waals surface area contributed by atoms with E-state index in [1.807, 2.05) is 44.2 Å². The quantitative estimate of drug-likeness (QED) is 0.574. The molecule has 0 bridgehead atoms. The molecule has 0 heterocycles. The number of hydrogen-bond acceptors (Lipinski definition) is 5. The number of ether oxygens (including phenoxy) is 2. The van der Waals surface area contributed by atoms with Crippen LogP contribution in [-0.2, 0) is 20.9 Å². The highest BCUT2D eigenvalue weighted by molar-refractivity contribution is 5.75. The van der Waals surface area contributed by atoms with Gasteiger partial charge in [0.15, 0.2) is 0 Å². The van der Waals surface area contributed by atoms with Gasteiger partial charge < -0.3 is 20.1 Å². The van der Waals surface area contributed by atoms with Crippen LogP contribution in [0.3, 0.4) is 0 Å². The molecule has 5 nitrogen and oxygen atoms in total. The first-order valence-corrected chi connectivity index (χ1v) is 8.78. The minimum absolute atomic E-state index is 0.231. The lowest BCUT2D eigenvalue weighted by atomic mass is 10.1. The monoisotopic (exact) mass is 336 g/mol. The number of carbonyl (C=O) groups is 1. The van der Waals surface area contributed by atoms with Crippen molar-refractivity contribution in [1.82, 2.24) is 10.6 Å². The van der Waals surface area contributed by atoms with Crippen LogP contribution >= 0.6 is 0 Å². The minimum Gasteiger partial charge on any atom is -0.460 e. The molecule has 1 aromatic rings. The molecule has 0 saturated carbocycles. The third kappa shape index (κ3) is 9.01. The maximum absolute atomic E-state index is 12.1. The van der Waals surface area contributed by atoms with Crippen molar-refractivity contribution in [1.29, 1.82) is 0 Å². The highest BCUT2D eigenvalue weighted by atomic mass is 16.5. The topological polar surface area (TPSA) is 59.6 Å². The van der Waals surface area contributed by atoms with Crippen molar-refractivity contribution in [3.63, 3.8) is 0 Å². The fourth-order valence-corrected chi connectivity index (χ4v) is 2.16. The van der Waals surface area contributed by atoms with Crippen LogP contribution < -0.4 is 10.6 Å². The van der Waals surface area contributed by atoms with Crippen LogP contribution in [0.25, 0.3) is 0 Å². The van der Waals surface area contributed by atoms with Crippen LogP contribution in [0.4, 0.5) is 0 Å². The van der Waals surface area contributed by atoms with Crippen LogP contribution in [0.5, 0.6) is 0 Å². The zero-order valence-corrected chi connectivity index (χ0v) is 15.4. The van der Waals surface area contributed by atoms with E-state index in [1.165, 1.54) is 0 Å². The van der Waals surface area contributed by atoms with Gasteiger partial charge in [-0.25, -0.2) is 0 Å². The second-order valence-electron chi connectivity index (χ2n) is 6.31. The van der Waals surface area contributed by atoms with Crippen molar-refractivity contribution in [3.05, 3.63) is 35.9 Å². The van der Waals surface area contributed by atoms with E-state index in [0.717, 1.165) is 12.1 Å². The molecule has 0 fully saturated rings. The summed E-state index contributed by atoms with van der Waals surface area (Å²) in [4.78, 5) is 12.1. The van der Waals surface area contributed by atoms with Gasteiger partial charge in [0.2, 0.25) is 0 Å². The van der Waals surface area contributed by atoms with E-state index in [0.29, 0.717) is 38.3 Å². The fraction of sp³-hybridized carbons (Fsp3) is 0.632. The molecule has 2 atom stereocenters. The summed E-state index contributed by atoms with van der Waals surface area (Å²) in [6, 6.07) is 9.80. The van der Waals surface area contributed by atoms with Crippen molar-refractivity contribution in [3.8, 4) is 0 Å². The zero-order valence-electron chi connectivity index (χ0n) is 15.4. The molecule has 0 aromatic heterocycles. The molecule has 0 aliphatic carbocycles. The standard InChI is InChI=1S/C19H32N2O3/c1-5-23-13-18(11-20-15(2)3)12-21-16(4)19(22)24-14-17-9-7-6-8-10-17/h6-10,15-16,18,20-21H,5,11-14H2,1-4H3. The minimum atomic E-state index is -0.336. The SMILES string of the molecule is CCOCC(CNC(C)C)CNC(C)C(=O)OCc1ccccc1. The van der Waals surface area contributed by atoms with Crippen molar-refractivity contribution in [2.75, 3.05) is 26.3 Å². The molecular weight excluding hydrogens is 304 g/mol. The number of nitrogens with one attached hydrogen (secondary N) is 2. The van der Waals surface area contributed by atoms with E-state index in [2.05, 4.69) is 24.5 Å². The van der Waals surface area contributed by atoms with Gasteiger partial charge in [-0.05, 0) is 19.4 Å². The molecule has 0 saturated heterocycles. The summed E-state index contributed by atoms with van der Waals surface area (Å²) < 4.78 is 10.9.